The van der Waals surface area contributed by atoms with Crippen LogP contribution in [0.2, 0.25) is 0 Å². The van der Waals surface area contributed by atoms with E-state index in [1.165, 1.54) is 4.90 Å². The van der Waals surface area contributed by atoms with Gasteiger partial charge in [-0.1, -0.05) is 49.7 Å². The predicted octanol–water partition coefficient (Wildman–Crippen LogP) is 5.01. The van der Waals surface area contributed by atoms with Gasteiger partial charge in [-0.15, -0.1) is 0 Å². The van der Waals surface area contributed by atoms with Gasteiger partial charge in [-0.3, -0.25) is 13.9 Å². The number of rotatable bonds is 12. The van der Waals surface area contributed by atoms with Crippen molar-refractivity contribution in [2.75, 3.05) is 24.5 Å². The fourth-order valence-electron chi connectivity index (χ4n) is 4.46. The highest BCUT2D eigenvalue weighted by Crippen LogP contribution is 2.27. The van der Waals surface area contributed by atoms with E-state index in [0.29, 0.717) is 18.0 Å². The normalized spacial score (nSPS) is 12.1. The van der Waals surface area contributed by atoms with Gasteiger partial charge in [0.15, 0.2) is 0 Å². The van der Waals surface area contributed by atoms with Crippen molar-refractivity contribution in [3.05, 3.63) is 89.0 Å². The molecule has 3 aromatic carbocycles. The lowest BCUT2D eigenvalue weighted by Crippen LogP contribution is -2.51. The molecule has 0 aliphatic rings. The Hall–Kier alpha value is -3.85. The van der Waals surface area contributed by atoms with Crippen molar-refractivity contribution >= 4 is 27.5 Å². The molecule has 41 heavy (non-hydrogen) atoms. The first-order valence-electron chi connectivity index (χ1n) is 13.7. The number of carbonyl (C=O) groups is 2. The van der Waals surface area contributed by atoms with Crippen LogP contribution in [-0.4, -0.2) is 51.4 Å². The van der Waals surface area contributed by atoms with Crippen LogP contribution in [0.1, 0.15) is 43.0 Å². The third-order valence-electron chi connectivity index (χ3n) is 6.72. The van der Waals surface area contributed by atoms with Gasteiger partial charge in [-0.05, 0) is 86.7 Å². The lowest BCUT2D eigenvalue weighted by Gasteiger charge is -2.32. The smallest absolute Gasteiger partial charge is 0.264 e. The number of amides is 2. The number of carbonyl (C=O) groups excluding carboxylic acids is 2. The van der Waals surface area contributed by atoms with E-state index in [0.717, 1.165) is 26.6 Å². The van der Waals surface area contributed by atoms with Gasteiger partial charge in [0.2, 0.25) is 11.8 Å². The number of nitrogens with zero attached hydrogens (tertiary/aromatic N) is 2. The Bertz CT molecular complexity index is 1450. The molecular formula is C32H41N3O5S. The van der Waals surface area contributed by atoms with E-state index in [-0.39, 0.29) is 23.3 Å². The summed E-state index contributed by atoms with van der Waals surface area (Å²) in [6.45, 7) is 11.3. The number of anilines is 1. The number of nitrogens with one attached hydrogen (secondary N) is 1. The molecule has 0 radical (unpaired) electrons. The fraction of sp³-hybridized carbons (Fsp3) is 0.375. The highest BCUT2D eigenvalue weighted by atomic mass is 32.2. The molecule has 1 N–H and O–H groups in total. The lowest BCUT2D eigenvalue weighted by molar-refractivity contribution is -0.139. The summed E-state index contributed by atoms with van der Waals surface area (Å²) in [5.41, 5.74) is 3.79. The maximum absolute atomic E-state index is 14.1. The minimum Gasteiger partial charge on any atom is -0.497 e. The fourth-order valence-corrected chi connectivity index (χ4v) is 5.86. The van der Waals surface area contributed by atoms with Crippen LogP contribution in [0.5, 0.6) is 5.75 Å². The van der Waals surface area contributed by atoms with Crippen LogP contribution in [0.15, 0.2) is 71.6 Å². The van der Waals surface area contributed by atoms with Crippen molar-refractivity contribution in [3.8, 4) is 5.75 Å². The third kappa shape index (κ3) is 8.33. The van der Waals surface area contributed by atoms with E-state index in [2.05, 4.69) is 5.32 Å². The van der Waals surface area contributed by atoms with Gasteiger partial charge in [0.1, 0.15) is 18.3 Å². The molecule has 3 rings (SSSR count). The number of hydrogen-bond donors (Lipinski definition) is 1. The summed E-state index contributed by atoms with van der Waals surface area (Å²) in [7, 11) is -2.56. The molecule has 0 heterocycles. The zero-order chi connectivity index (χ0) is 30.3. The van der Waals surface area contributed by atoms with Gasteiger partial charge in [0, 0.05) is 13.1 Å². The molecule has 1 atom stereocenters. The monoisotopic (exact) mass is 579 g/mol. The van der Waals surface area contributed by atoms with Crippen molar-refractivity contribution < 1.29 is 22.7 Å². The molecule has 0 unspecified atom stereocenters. The van der Waals surface area contributed by atoms with Crippen LogP contribution < -0.4 is 14.4 Å². The molecule has 0 aromatic heterocycles. The number of sulfonamides is 1. The van der Waals surface area contributed by atoms with E-state index < -0.39 is 28.5 Å². The Balaban J connectivity index is 2.05. The Labute approximate surface area is 244 Å². The maximum atomic E-state index is 14.1. The Morgan fingerprint density at radius 2 is 1.51 bits per heavy atom. The number of methoxy groups -OCH3 is 1. The van der Waals surface area contributed by atoms with Gasteiger partial charge in [0.05, 0.1) is 17.7 Å². The molecule has 3 aromatic rings. The number of hydrogen-bond acceptors (Lipinski definition) is 5. The summed E-state index contributed by atoms with van der Waals surface area (Å²) < 4.78 is 34.5. The molecule has 0 saturated carbocycles. The second-order valence-corrected chi connectivity index (χ2v) is 12.7. The molecule has 0 aliphatic carbocycles. The largest absolute Gasteiger partial charge is 0.497 e. The Kier molecular flexibility index (Phi) is 10.6. The van der Waals surface area contributed by atoms with Crippen molar-refractivity contribution in [3.63, 3.8) is 0 Å². The van der Waals surface area contributed by atoms with Crippen LogP contribution in [0.25, 0.3) is 0 Å². The molecule has 2 amide bonds. The highest BCUT2D eigenvalue weighted by molar-refractivity contribution is 7.92. The molecule has 9 heteroatoms. The summed E-state index contributed by atoms with van der Waals surface area (Å²) in [6.07, 6.45) is 0. The van der Waals surface area contributed by atoms with Gasteiger partial charge in [-0.25, -0.2) is 8.42 Å². The van der Waals surface area contributed by atoms with Crippen LogP contribution >= 0.6 is 0 Å². The van der Waals surface area contributed by atoms with Gasteiger partial charge in [0.25, 0.3) is 10.0 Å². The second-order valence-electron chi connectivity index (χ2n) is 10.9. The topological polar surface area (TPSA) is 96.0 Å². The van der Waals surface area contributed by atoms with E-state index in [9.17, 15) is 18.0 Å². The van der Waals surface area contributed by atoms with Crippen LogP contribution in [0.4, 0.5) is 5.69 Å². The van der Waals surface area contributed by atoms with Crippen molar-refractivity contribution in [2.24, 2.45) is 5.92 Å². The summed E-state index contributed by atoms with van der Waals surface area (Å²) >= 11 is 0. The minimum atomic E-state index is -4.12. The molecule has 0 fully saturated rings. The van der Waals surface area contributed by atoms with Crippen molar-refractivity contribution in [1.82, 2.24) is 10.2 Å². The standard InChI is InChI=1S/C32H41N3O5S/c1-22(2)19-33-32(37)26(6)34(20-27-9-8-10-29(18-27)40-7)31(36)21-35(28-16-24(4)15-25(5)17-28)41(38,39)30-13-11-23(3)12-14-30/h8-18,22,26H,19-21H2,1-7H3,(H,33,37)/t26-/m1/s1. The first-order valence-corrected chi connectivity index (χ1v) is 15.1. The molecule has 0 aliphatic heterocycles. The van der Waals surface area contributed by atoms with Gasteiger partial charge in [-0.2, -0.15) is 0 Å². The summed E-state index contributed by atoms with van der Waals surface area (Å²) in [4.78, 5) is 28.7. The molecule has 0 bridgehead atoms. The molecule has 8 nitrogen and oxygen atoms in total. The van der Waals surface area contributed by atoms with Crippen LogP contribution in [-0.2, 0) is 26.2 Å². The van der Waals surface area contributed by atoms with E-state index in [1.54, 1.807) is 62.6 Å². The zero-order valence-corrected chi connectivity index (χ0v) is 25.8. The molecular weight excluding hydrogens is 538 g/mol. The predicted molar refractivity (Wildman–Crippen MR) is 162 cm³/mol. The summed E-state index contributed by atoms with van der Waals surface area (Å²) in [6, 6.07) is 18.4. The number of aryl methyl sites for hydroxylation is 3. The average molecular weight is 580 g/mol. The zero-order valence-electron chi connectivity index (χ0n) is 25.0. The Morgan fingerprint density at radius 1 is 0.878 bits per heavy atom. The first kappa shape index (κ1) is 31.7. The number of benzene rings is 3. The van der Waals surface area contributed by atoms with Crippen molar-refractivity contribution in [1.29, 1.82) is 0 Å². The quantitative estimate of drug-likeness (QED) is 0.326. The minimum absolute atomic E-state index is 0.0807. The van der Waals surface area contributed by atoms with Gasteiger partial charge >= 0.3 is 0 Å². The third-order valence-corrected chi connectivity index (χ3v) is 8.51. The molecule has 220 valence electrons. The van der Waals surface area contributed by atoms with E-state index >= 15 is 0 Å². The van der Waals surface area contributed by atoms with Crippen LogP contribution in [0, 0.1) is 26.7 Å². The maximum Gasteiger partial charge on any atom is 0.264 e. The van der Waals surface area contributed by atoms with Crippen molar-refractivity contribution in [2.45, 2.75) is 59.0 Å². The van der Waals surface area contributed by atoms with E-state index in [1.807, 2.05) is 52.8 Å². The summed E-state index contributed by atoms with van der Waals surface area (Å²) in [5, 5.41) is 2.90. The first-order chi connectivity index (χ1) is 19.3. The van der Waals surface area contributed by atoms with Crippen LogP contribution in [0.3, 0.4) is 0 Å². The second kappa shape index (κ2) is 13.7. The number of ether oxygens (including phenoxy) is 1. The average Bonchev–Trinajstić information content (AvgIpc) is 2.92. The van der Waals surface area contributed by atoms with Gasteiger partial charge < -0.3 is 15.0 Å². The van der Waals surface area contributed by atoms with E-state index in [4.69, 9.17) is 4.74 Å². The molecule has 0 spiro atoms. The Morgan fingerprint density at radius 3 is 2.10 bits per heavy atom. The SMILES string of the molecule is COc1cccc(CN(C(=O)CN(c2cc(C)cc(C)c2)S(=O)(=O)c2ccc(C)cc2)[C@H](C)C(=O)NCC(C)C)c1. The highest BCUT2D eigenvalue weighted by Gasteiger charge is 2.32. The lowest BCUT2D eigenvalue weighted by atomic mass is 10.1. The molecule has 0 saturated heterocycles. The summed E-state index contributed by atoms with van der Waals surface area (Å²) in [5.74, 6) is 0.0307.